The Balaban J connectivity index is 1.51. The van der Waals surface area contributed by atoms with Gasteiger partial charge in [-0.15, -0.1) is 11.3 Å². The molecule has 1 aromatic carbocycles. The standard InChI is InChI=1S/C21H22N6OS/c1-14-10-17-19(23-18-11-26(13-22-18)15-6-3-2-4-7-15)24-21(25-20(17)29-14)27-9-5-8-16(27)12-28/h2-4,6-7,10-11,13,16,28H,5,8-9,12H2,1H3,(H,23,24,25)/t16-/m0/s1. The van der Waals surface area contributed by atoms with Crippen molar-refractivity contribution in [2.45, 2.75) is 25.8 Å². The molecular formula is C21H22N6OS. The van der Waals surface area contributed by atoms with Gasteiger partial charge in [-0.2, -0.15) is 4.98 Å². The highest BCUT2D eigenvalue weighted by Crippen LogP contribution is 2.33. The summed E-state index contributed by atoms with van der Waals surface area (Å²) in [5.74, 6) is 2.14. The summed E-state index contributed by atoms with van der Waals surface area (Å²) in [7, 11) is 0. The largest absolute Gasteiger partial charge is 0.394 e. The third-order valence-electron chi connectivity index (χ3n) is 5.23. The van der Waals surface area contributed by atoms with Gasteiger partial charge in [0.2, 0.25) is 5.95 Å². The van der Waals surface area contributed by atoms with E-state index in [0.29, 0.717) is 5.95 Å². The number of rotatable bonds is 5. The maximum Gasteiger partial charge on any atom is 0.229 e. The molecule has 1 aliphatic heterocycles. The summed E-state index contributed by atoms with van der Waals surface area (Å²) < 4.78 is 1.97. The topological polar surface area (TPSA) is 79.1 Å². The molecule has 4 heterocycles. The maximum absolute atomic E-state index is 9.71. The number of aliphatic hydroxyl groups excluding tert-OH is 1. The number of fused-ring (bicyclic) bond motifs is 1. The molecule has 3 aromatic heterocycles. The summed E-state index contributed by atoms with van der Waals surface area (Å²) in [6, 6.07) is 12.3. The summed E-state index contributed by atoms with van der Waals surface area (Å²) in [4.78, 5) is 18.4. The van der Waals surface area contributed by atoms with Crippen molar-refractivity contribution < 1.29 is 5.11 Å². The van der Waals surface area contributed by atoms with Crippen LogP contribution in [0.25, 0.3) is 15.9 Å². The van der Waals surface area contributed by atoms with Crippen LogP contribution >= 0.6 is 11.3 Å². The Bertz CT molecular complexity index is 1140. The fraction of sp³-hybridized carbons (Fsp3) is 0.286. The number of thiophene rings is 1. The first kappa shape index (κ1) is 18.1. The van der Waals surface area contributed by atoms with E-state index < -0.39 is 0 Å². The van der Waals surface area contributed by atoms with Crippen LogP contribution in [0, 0.1) is 6.92 Å². The van der Waals surface area contributed by atoms with Gasteiger partial charge in [-0.05, 0) is 38.0 Å². The Morgan fingerprint density at radius 2 is 2.10 bits per heavy atom. The fourth-order valence-electron chi connectivity index (χ4n) is 3.79. The molecule has 148 valence electrons. The highest BCUT2D eigenvalue weighted by molar-refractivity contribution is 7.18. The Morgan fingerprint density at radius 1 is 1.24 bits per heavy atom. The van der Waals surface area contributed by atoms with Crippen LogP contribution in [0.4, 0.5) is 17.6 Å². The quantitative estimate of drug-likeness (QED) is 0.523. The van der Waals surface area contributed by atoms with Crippen molar-refractivity contribution in [3.8, 4) is 5.69 Å². The third-order valence-corrected chi connectivity index (χ3v) is 6.18. The van der Waals surface area contributed by atoms with Gasteiger partial charge in [0.1, 0.15) is 22.8 Å². The number of anilines is 3. The predicted octanol–water partition coefficient (Wildman–Crippen LogP) is 3.89. The Labute approximate surface area is 172 Å². The molecule has 0 radical (unpaired) electrons. The van der Waals surface area contributed by atoms with Crippen LogP contribution in [-0.4, -0.2) is 43.8 Å². The fourth-order valence-corrected chi connectivity index (χ4v) is 4.67. The summed E-state index contributed by atoms with van der Waals surface area (Å²) >= 11 is 1.65. The van der Waals surface area contributed by atoms with Gasteiger partial charge in [0.05, 0.1) is 24.2 Å². The predicted molar refractivity (Wildman–Crippen MR) is 116 cm³/mol. The van der Waals surface area contributed by atoms with Crippen LogP contribution in [0.2, 0.25) is 0 Å². The molecule has 0 spiro atoms. The van der Waals surface area contributed by atoms with Crippen molar-refractivity contribution in [3.05, 3.63) is 53.8 Å². The van der Waals surface area contributed by atoms with Gasteiger partial charge in [0.15, 0.2) is 0 Å². The lowest BCUT2D eigenvalue weighted by Gasteiger charge is -2.23. The molecule has 0 bridgehead atoms. The van der Waals surface area contributed by atoms with Crippen LogP contribution in [-0.2, 0) is 0 Å². The number of hydrogen-bond acceptors (Lipinski definition) is 7. The molecule has 8 heteroatoms. The van der Waals surface area contributed by atoms with Crippen molar-refractivity contribution in [1.82, 2.24) is 19.5 Å². The molecule has 1 fully saturated rings. The zero-order valence-electron chi connectivity index (χ0n) is 16.1. The lowest BCUT2D eigenvalue weighted by Crippen LogP contribution is -2.33. The second-order valence-electron chi connectivity index (χ2n) is 7.25. The highest BCUT2D eigenvalue weighted by Gasteiger charge is 2.27. The molecule has 0 amide bonds. The maximum atomic E-state index is 9.71. The van der Waals surface area contributed by atoms with Crippen LogP contribution in [0.15, 0.2) is 48.9 Å². The van der Waals surface area contributed by atoms with Crippen molar-refractivity contribution in [1.29, 1.82) is 0 Å². The van der Waals surface area contributed by atoms with Crippen molar-refractivity contribution >= 4 is 39.1 Å². The zero-order chi connectivity index (χ0) is 19.8. The van der Waals surface area contributed by atoms with E-state index in [1.54, 1.807) is 17.7 Å². The zero-order valence-corrected chi connectivity index (χ0v) is 16.9. The average Bonchev–Trinajstić information content (AvgIpc) is 3.47. The van der Waals surface area contributed by atoms with E-state index in [-0.39, 0.29) is 12.6 Å². The van der Waals surface area contributed by atoms with E-state index in [4.69, 9.17) is 9.97 Å². The number of hydrogen-bond donors (Lipinski definition) is 2. The number of para-hydroxylation sites is 1. The molecule has 7 nitrogen and oxygen atoms in total. The van der Waals surface area contributed by atoms with E-state index >= 15 is 0 Å². The third kappa shape index (κ3) is 3.45. The Hall–Kier alpha value is -2.97. The average molecular weight is 407 g/mol. The molecular weight excluding hydrogens is 384 g/mol. The second kappa shape index (κ2) is 7.46. The van der Waals surface area contributed by atoms with E-state index in [9.17, 15) is 5.11 Å². The minimum atomic E-state index is 0.0821. The van der Waals surface area contributed by atoms with Crippen molar-refractivity contribution in [2.75, 3.05) is 23.4 Å². The number of nitrogens with one attached hydrogen (secondary N) is 1. The van der Waals surface area contributed by atoms with Gasteiger partial charge >= 0.3 is 0 Å². The number of imidazole rings is 1. The van der Waals surface area contributed by atoms with Crippen molar-refractivity contribution in [2.24, 2.45) is 0 Å². The summed E-state index contributed by atoms with van der Waals surface area (Å²) in [6.07, 6.45) is 5.75. The van der Waals surface area contributed by atoms with E-state index in [0.717, 1.165) is 46.9 Å². The first-order chi connectivity index (χ1) is 14.2. The molecule has 2 N–H and O–H groups in total. The van der Waals surface area contributed by atoms with Crippen LogP contribution in [0.1, 0.15) is 17.7 Å². The Morgan fingerprint density at radius 3 is 2.93 bits per heavy atom. The second-order valence-corrected chi connectivity index (χ2v) is 8.48. The van der Waals surface area contributed by atoms with Gasteiger partial charge in [-0.1, -0.05) is 18.2 Å². The molecule has 1 atom stereocenters. The smallest absolute Gasteiger partial charge is 0.229 e. The lowest BCUT2D eigenvalue weighted by atomic mass is 10.2. The van der Waals surface area contributed by atoms with Crippen LogP contribution in [0.3, 0.4) is 0 Å². The number of aromatic nitrogens is 4. The molecule has 0 saturated carbocycles. The van der Waals surface area contributed by atoms with Gasteiger partial charge in [0, 0.05) is 17.1 Å². The number of aliphatic hydroxyl groups is 1. The van der Waals surface area contributed by atoms with Gasteiger partial charge in [-0.3, -0.25) is 0 Å². The summed E-state index contributed by atoms with van der Waals surface area (Å²) in [5.41, 5.74) is 1.05. The number of aryl methyl sites for hydroxylation is 1. The van der Waals surface area contributed by atoms with Crippen molar-refractivity contribution in [3.63, 3.8) is 0 Å². The molecule has 0 unspecified atom stereocenters. The monoisotopic (exact) mass is 406 g/mol. The summed E-state index contributed by atoms with van der Waals surface area (Å²) in [6.45, 7) is 3.06. The molecule has 1 aliphatic rings. The van der Waals surface area contributed by atoms with Crippen LogP contribution < -0.4 is 10.2 Å². The van der Waals surface area contributed by atoms with Gasteiger partial charge < -0.3 is 19.9 Å². The molecule has 1 saturated heterocycles. The summed E-state index contributed by atoms with van der Waals surface area (Å²) in [5, 5.41) is 14.1. The Kier molecular flexibility index (Phi) is 4.65. The highest BCUT2D eigenvalue weighted by atomic mass is 32.1. The molecule has 29 heavy (non-hydrogen) atoms. The van der Waals surface area contributed by atoms with Gasteiger partial charge in [-0.25, -0.2) is 9.97 Å². The van der Waals surface area contributed by atoms with Gasteiger partial charge in [0.25, 0.3) is 0 Å². The number of benzene rings is 1. The first-order valence-electron chi connectivity index (χ1n) is 9.73. The molecule has 0 aliphatic carbocycles. The minimum Gasteiger partial charge on any atom is -0.394 e. The first-order valence-corrected chi connectivity index (χ1v) is 10.5. The van der Waals surface area contributed by atoms with Crippen LogP contribution in [0.5, 0.6) is 0 Å². The molecule has 4 aromatic rings. The van der Waals surface area contributed by atoms with E-state index in [2.05, 4.69) is 28.2 Å². The minimum absolute atomic E-state index is 0.0821. The normalized spacial score (nSPS) is 16.6. The lowest BCUT2D eigenvalue weighted by molar-refractivity contribution is 0.265. The SMILES string of the molecule is Cc1cc2c(Nc3cn(-c4ccccc4)cn3)nc(N3CCC[C@H]3CO)nc2s1. The molecule has 5 rings (SSSR count). The number of nitrogens with zero attached hydrogens (tertiary/aromatic N) is 5. The van der Waals surface area contributed by atoms with E-state index in [1.165, 1.54) is 4.88 Å². The van der Waals surface area contributed by atoms with E-state index in [1.807, 2.05) is 41.1 Å².